The van der Waals surface area contributed by atoms with Gasteiger partial charge in [-0.05, 0) is 49.7 Å². The molecule has 2 N–H and O–H groups in total. The number of carboxylic acids is 1. The smallest absolute Gasteiger partial charge is 0.335 e. The van der Waals surface area contributed by atoms with E-state index < -0.39 is 5.97 Å². The third kappa shape index (κ3) is 4.04. The van der Waals surface area contributed by atoms with Crippen LogP contribution in [0.15, 0.2) is 24.3 Å². The van der Waals surface area contributed by atoms with E-state index in [4.69, 9.17) is 5.11 Å². The molecule has 4 heteroatoms. The van der Waals surface area contributed by atoms with Gasteiger partial charge in [0.15, 0.2) is 0 Å². The summed E-state index contributed by atoms with van der Waals surface area (Å²) in [5.74, 6) is -0.140. The minimum Gasteiger partial charge on any atom is -0.478 e. The quantitative estimate of drug-likeness (QED) is 0.821. The van der Waals surface area contributed by atoms with Crippen LogP contribution in [-0.2, 0) is 6.54 Å². The molecule has 1 fully saturated rings. The topological polar surface area (TPSA) is 52.6 Å². The van der Waals surface area contributed by atoms with Gasteiger partial charge in [-0.2, -0.15) is 0 Å². The van der Waals surface area contributed by atoms with Gasteiger partial charge in [-0.1, -0.05) is 19.1 Å². The Balaban J connectivity index is 1.77. The van der Waals surface area contributed by atoms with Crippen molar-refractivity contribution in [1.82, 2.24) is 10.2 Å². The molecule has 1 aromatic carbocycles. The summed E-state index contributed by atoms with van der Waals surface area (Å²) in [5, 5.41) is 12.4. The van der Waals surface area contributed by atoms with Crippen molar-refractivity contribution < 1.29 is 9.90 Å². The summed E-state index contributed by atoms with van der Waals surface area (Å²) in [7, 11) is 0. The molecule has 2 rings (SSSR count). The van der Waals surface area contributed by atoms with Gasteiger partial charge in [0, 0.05) is 13.1 Å². The summed E-state index contributed by atoms with van der Waals surface area (Å²) in [5.41, 5.74) is 1.39. The Bertz CT molecular complexity index is 434. The van der Waals surface area contributed by atoms with E-state index in [1.807, 2.05) is 6.07 Å². The second kappa shape index (κ2) is 6.68. The molecule has 0 spiro atoms. The lowest BCUT2D eigenvalue weighted by molar-refractivity contribution is 0.0696. The van der Waals surface area contributed by atoms with Gasteiger partial charge in [0.1, 0.15) is 0 Å². The van der Waals surface area contributed by atoms with Crippen molar-refractivity contribution in [3.63, 3.8) is 0 Å². The summed E-state index contributed by atoms with van der Waals surface area (Å²) in [6, 6.07) is 7.13. The molecule has 0 aromatic heterocycles. The monoisotopic (exact) mass is 262 g/mol. The molecule has 1 unspecified atom stereocenters. The highest BCUT2D eigenvalue weighted by Gasteiger charge is 2.20. The number of nitrogens with one attached hydrogen (secondary N) is 1. The molecule has 1 atom stereocenters. The van der Waals surface area contributed by atoms with Crippen molar-refractivity contribution >= 4 is 5.97 Å². The first kappa shape index (κ1) is 14.0. The maximum absolute atomic E-state index is 10.9. The van der Waals surface area contributed by atoms with Crippen molar-refractivity contribution in [2.75, 3.05) is 26.2 Å². The van der Waals surface area contributed by atoms with E-state index in [-0.39, 0.29) is 0 Å². The highest BCUT2D eigenvalue weighted by atomic mass is 16.4. The lowest BCUT2D eigenvalue weighted by Gasteiger charge is -2.13. The van der Waals surface area contributed by atoms with Crippen molar-refractivity contribution in [1.29, 1.82) is 0 Å². The molecule has 1 aromatic rings. The molecule has 0 aliphatic carbocycles. The molecule has 1 aliphatic rings. The molecule has 1 heterocycles. The molecule has 0 amide bonds. The summed E-state index contributed by atoms with van der Waals surface area (Å²) in [4.78, 5) is 13.3. The summed E-state index contributed by atoms with van der Waals surface area (Å²) in [6.07, 6.45) is 1.26. The highest BCUT2D eigenvalue weighted by Crippen LogP contribution is 2.14. The largest absolute Gasteiger partial charge is 0.478 e. The molecule has 1 saturated heterocycles. The SMILES string of the molecule is CCN1CCC(CNCc2cccc(C(=O)O)c2)C1. The van der Waals surface area contributed by atoms with Crippen LogP contribution in [-0.4, -0.2) is 42.2 Å². The molecular weight excluding hydrogens is 240 g/mol. The average Bonchev–Trinajstić information content (AvgIpc) is 2.87. The van der Waals surface area contributed by atoms with Crippen molar-refractivity contribution in [2.24, 2.45) is 5.92 Å². The third-order valence-corrected chi connectivity index (χ3v) is 3.75. The van der Waals surface area contributed by atoms with E-state index in [2.05, 4.69) is 17.1 Å². The van der Waals surface area contributed by atoms with Crippen LogP contribution in [0.1, 0.15) is 29.3 Å². The van der Waals surface area contributed by atoms with E-state index in [1.54, 1.807) is 18.2 Å². The van der Waals surface area contributed by atoms with Gasteiger partial charge in [-0.25, -0.2) is 4.79 Å². The number of carbonyl (C=O) groups is 1. The molecule has 0 radical (unpaired) electrons. The van der Waals surface area contributed by atoms with Crippen LogP contribution in [0.25, 0.3) is 0 Å². The van der Waals surface area contributed by atoms with Gasteiger partial charge in [0.05, 0.1) is 5.56 Å². The normalized spacial score (nSPS) is 19.7. The van der Waals surface area contributed by atoms with Crippen LogP contribution >= 0.6 is 0 Å². The number of benzene rings is 1. The summed E-state index contributed by atoms with van der Waals surface area (Å²) >= 11 is 0. The second-order valence-corrected chi connectivity index (χ2v) is 5.18. The highest BCUT2D eigenvalue weighted by molar-refractivity contribution is 5.87. The van der Waals surface area contributed by atoms with Gasteiger partial charge in [-0.3, -0.25) is 0 Å². The zero-order valence-electron chi connectivity index (χ0n) is 11.4. The number of nitrogens with zero attached hydrogens (tertiary/aromatic N) is 1. The van der Waals surface area contributed by atoms with E-state index in [1.165, 1.54) is 19.5 Å². The Morgan fingerprint density at radius 1 is 1.53 bits per heavy atom. The van der Waals surface area contributed by atoms with Crippen molar-refractivity contribution in [2.45, 2.75) is 19.9 Å². The predicted octanol–water partition coefficient (Wildman–Crippen LogP) is 1.82. The summed E-state index contributed by atoms with van der Waals surface area (Å²) < 4.78 is 0. The lowest BCUT2D eigenvalue weighted by Crippen LogP contribution is -2.26. The second-order valence-electron chi connectivity index (χ2n) is 5.18. The Hall–Kier alpha value is -1.39. The van der Waals surface area contributed by atoms with Gasteiger partial charge in [-0.15, -0.1) is 0 Å². The van der Waals surface area contributed by atoms with E-state index in [9.17, 15) is 4.79 Å². The van der Waals surface area contributed by atoms with Crippen LogP contribution < -0.4 is 5.32 Å². The zero-order chi connectivity index (χ0) is 13.7. The van der Waals surface area contributed by atoms with E-state index in [0.29, 0.717) is 5.56 Å². The maximum Gasteiger partial charge on any atom is 0.335 e. The Morgan fingerprint density at radius 2 is 2.37 bits per heavy atom. The fourth-order valence-corrected chi connectivity index (χ4v) is 2.60. The number of hydrogen-bond acceptors (Lipinski definition) is 3. The molecule has 0 bridgehead atoms. The molecule has 1 aliphatic heterocycles. The molecule has 104 valence electrons. The van der Waals surface area contributed by atoms with Crippen LogP contribution in [0, 0.1) is 5.92 Å². The van der Waals surface area contributed by atoms with Gasteiger partial charge in [0.25, 0.3) is 0 Å². The molecule has 0 saturated carbocycles. The van der Waals surface area contributed by atoms with Gasteiger partial charge in [0.2, 0.25) is 0 Å². The first-order valence-electron chi connectivity index (χ1n) is 6.94. The maximum atomic E-state index is 10.9. The van der Waals surface area contributed by atoms with Crippen LogP contribution in [0.3, 0.4) is 0 Å². The minimum absolute atomic E-state index is 0.359. The number of likely N-dealkylation sites (tertiary alicyclic amines) is 1. The first-order chi connectivity index (χ1) is 9.19. The Morgan fingerprint density at radius 3 is 3.05 bits per heavy atom. The predicted molar refractivity (Wildman–Crippen MR) is 75.3 cm³/mol. The average molecular weight is 262 g/mol. The van der Waals surface area contributed by atoms with Crippen LogP contribution in [0.4, 0.5) is 0 Å². The molecular formula is C15H22N2O2. The van der Waals surface area contributed by atoms with E-state index >= 15 is 0 Å². The number of carboxylic acid groups (broad SMARTS) is 1. The van der Waals surface area contributed by atoms with Gasteiger partial charge >= 0.3 is 5.97 Å². The summed E-state index contributed by atoms with van der Waals surface area (Å²) in [6.45, 7) is 7.47. The minimum atomic E-state index is -0.865. The zero-order valence-corrected chi connectivity index (χ0v) is 11.4. The fraction of sp³-hybridized carbons (Fsp3) is 0.533. The van der Waals surface area contributed by atoms with Crippen LogP contribution in [0.2, 0.25) is 0 Å². The first-order valence-corrected chi connectivity index (χ1v) is 6.94. The standard InChI is InChI=1S/C15H22N2O2/c1-2-17-7-6-13(11-17)10-16-9-12-4-3-5-14(8-12)15(18)19/h3-5,8,13,16H,2,6-7,9-11H2,1H3,(H,18,19). The molecule has 19 heavy (non-hydrogen) atoms. The van der Waals surface area contributed by atoms with Crippen LogP contribution in [0.5, 0.6) is 0 Å². The van der Waals surface area contributed by atoms with Gasteiger partial charge < -0.3 is 15.3 Å². The third-order valence-electron chi connectivity index (χ3n) is 3.75. The lowest BCUT2D eigenvalue weighted by atomic mass is 10.1. The Labute approximate surface area is 114 Å². The number of aromatic carboxylic acids is 1. The van der Waals surface area contributed by atoms with Crippen molar-refractivity contribution in [3.8, 4) is 0 Å². The number of hydrogen-bond donors (Lipinski definition) is 2. The fourth-order valence-electron chi connectivity index (χ4n) is 2.60. The van der Waals surface area contributed by atoms with E-state index in [0.717, 1.165) is 31.1 Å². The van der Waals surface area contributed by atoms with Crippen molar-refractivity contribution in [3.05, 3.63) is 35.4 Å². The molecule has 4 nitrogen and oxygen atoms in total. The number of rotatable bonds is 6. The Kier molecular flexibility index (Phi) is 4.93.